The van der Waals surface area contributed by atoms with Crippen LogP contribution in [-0.2, 0) is 17.8 Å². The molecule has 0 N–H and O–H groups in total. The van der Waals surface area contributed by atoms with E-state index in [1.807, 2.05) is 60.7 Å². The molecule has 0 bridgehead atoms. The number of carbonyl (C=O) groups excluding carboxylic acids is 1. The molecule has 1 aliphatic heterocycles. The Morgan fingerprint density at radius 3 is 2.20 bits per heavy atom. The lowest BCUT2D eigenvalue weighted by molar-refractivity contribution is -0.115. The van der Waals surface area contributed by atoms with Crippen LogP contribution in [0.15, 0.2) is 54.6 Å². The topological polar surface area (TPSA) is 66.5 Å². The van der Waals surface area contributed by atoms with Gasteiger partial charge in [-0.3, -0.25) is 4.79 Å². The Morgan fingerprint density at radius 2 is 1.54 bits per heavy atom. The number of rotatable bonds is 9. The van der Waals surface area contributed by atoms with Crippen LogP contribution >= 0.6 is 0 Å². The molecule has 0 aliphatic carbocycles. The fourth-order valence-electron chi connectivity index (χ4n) is 4.21. The standard InChI is InChI=1S/C28H29NO6/c1-31-24-11-10-21(27(28(24)34-4)35-17-19-8-6-5-7-9-19)14-23-22-16-26(33-3)25(32-2)15-20(22)12-13-29(23)18-30/h5-11,14-16,18H,12-13,17H2,1-4H3/b23-14-. The predicted octanol–water partition coefficient (Wildman–Crippen LogP) is 4.81. The minimum atomic E-state index is 0.347. The summed E-state index contributed by atoms with van der Waals surface area (Å²) in [5.74, 6) is 2.82. The van der Waals surface area contributed by atoms with Crippen molar-refractivity contribution in [3.05, 3.63) is 76.9 Å². The largest absolute Gasteiger partial charge is 0.493 e. The molecule has 1 aliphatic rings. The Bertz CT molecular complexity index is 1220. The molecule has 0 unspecified atom stereocenters. The number of fused-ring (bicyclic) bond motifs is 1. The van der Waals surface area contributed by atoms with Gasteiger partial charge >= 0.3 is 0 Å². The monoisotopic (exact) mass is 475 g/mol. The minimum absolute atomic E-state index is 0.347. The molecule has 3 aromatic carbocycles. The Hall–Kier alpha value is -4.13. The molecule has 0 aromatic heterocycles. The smallest absolute Gasteiger partial charge is 0.214 e. The number of methoxy groups -OCH3 is 4. The third-order valence-electron chi connectivity index (χ3n) is 5.99. The number of benzene rings is 3. The molecule has 0 fully saturated rings. The van der Waals surface area contributed by atoms with Gasteiger partial charge < -0.3 is 28.6 Å². The number of hydrogen-bond acceptors (Lipinski definition) is 6. The molecule has 182 valence electrons. The fraction of sp³-hybridized carbons (Fsp3) is 0.250. The van der Waals surface area contributed by atoms with Crippen LogP contribution < -0.4 is 23.7 Å². The molecule has 35 heavy (non-hydrogen) atoms. The lowest BCUT2D eigenvalue weighted by Crippen LogP contribution is -2.28. The van der Waals surface area contributed by atoms with Crippen molar-refractivity contribution in [2.24, 2.45) is 0 Å². The summed E-state index contributed by atoms with van der Waals surface area (Å²) in [7, 11) is 6.37. The van der Waals surface area contributed by atoms with Crippen LogP contribution in [0.5, 0.6) is 28.7 Å². The zero-order valence-corrected chi connectivity index (χ0v) is 20.4. The second kappa shape index (κ2) is 10.9. The molecular weight excluding hydrogens is 446 g/mol. The van der Waals surface area contributed by atoms with E-state index in [1.54, 1.807) is 33.3 Å². The van der Waals surface area contributed by atoms with Gasteiger partial charge in [-0.25, -0.2) is 0 Å². The van der Waals surface area contributed by atoms with Gasteiger partial charge in [-0.15, -0.1) is 0 Å². The molecule has 0 saturated carbocycles. The number of amides is 1. The quantitative estimate of drug-likeness (QED) is 0.414. The van der Waals surface area contributed by atoms with Crippen LogP contribution in [0.1, 0.15) is 22.3 Å². The van der Waals surface area contributed by atoms with Gasteiger partial charge in [0.2, 0.25) is 12.2 Å². The summed E-state index contributed by atoms with van der Waals surface area (Å²) >= 11 is 0. The highest BCUT2D eigenvalue weighted by Gasteiger charge is 2.25. The van der Waals surface area contributed by atoms with Gasteiger partial charge in [-0.2, -0.15) is 0 Å². The summed E-state index contributed by atoms with van der Waals surface area (Å²) < 4.78 is 28.5. The highest BCUT2D eigenvalue weighted by Crippen LogP contribution is 2.43. The van der Waals surface area contributed by atoms with Gasteiger partial charge in [-0.1, -0.05) is 30.3 Å². The van der Waals surface area contributed by atoms with Crippen molar-refractivity contribution < 1.29 is 28.5 Å². The van der Waals surface area contributed by atoms with Crippen LogP contribution in [0.3, 0.4) is 0 Å². The molecule has 0 radical (unpaired) electrons. The first kappa shape index (κ1) is 24.0. The summed E-state index contributed by atoms with van der Waals surface area (Å²) in [5, 5.41) is 0. The Labute approximate surface area is 205 Å². The molecule has 1 heterocycles. The molecule has 4 rings (SSSR count). The van der Waals surface area contributed by atoms with Crippen LogP contribution in [0.4, 0.5) is 0 Å². The lowest BCUT2D eigenvalue weighted by Gasteiger charge is -2.30. The van der Waals surface area contributed by atoms with Crippen LogP contribution in [0.2, 0.25) is 0 Å². The summed E-state index contributed by atoms with van der Waals surface area (Å²) in [4.78, 5) is 13.7. The Kier molecular flexibility index (Phi) is 7.45. The van der Waals surface area contributed by atoms with Crippen LogP contribution in [0.25, 0.3) is 11.8 Å². The third kappa shape index (κ3) is 4.89. The van der Waals surface area contributed by atoms with Crippen molar-refractivity contribution in [1.82, 2.24) is 4.90 Å². The molecule has 7 nitrogen and oxygen atoms in total. The first-order valence-corrected chi connectivity index (χ1v) is 11.2. The molecular formula is C28H29NO6. The van der Waals surface area contributed by atoms with Crippen molar-refractivity contribution in [2.75, 3.05) is 35.0 Å². The average Bonchev–Trinajstić information content (AvgIpc) is 2.91. The predicted molar refractivity (Wildman–Crippen MR) is 134 cm³/mol. The first-order valence-electron chi connectivity index (χ1n) is 11.2. The fourth-order valence-corrected chi connectivity index (χ4v) is 4.21. The zero-order chi connectivity index (χ0) is 24.8. The van der Waals surface area contributed by atoms with Gasteiger partial charge in [0.25, 0.3) is 0 Å². The average molecular weight is 476 g/mol. The maximum absolute atomic E-state index is 12.0. The van der Waals surface area contributed by atoms with E-state index in [0.717, 1.165) is 34.4 Å². The number of hydrogen-bond donors (Lipinski definition) is 0. The van der Waals surface area contributed by atoms with E-state index in [4.69, 9.17) is 23.7 Å². The Balaban J connectivity index is 1.85. The summed E-state index contributed by atoms with van der Waals surface area (Å²) in [6, 6.07) is 17.5. The summed E-state index contributed by atoms with van der Waals surface area (Å²) in [5.41, 5.74) is 4.47. The summed E-state index contributed by atoms with van der Waals surface area (Å²) in [6.45, 7) is 0.894. The van der Waals surface area contributed by atoms with Crippen LogP contribution in [-0.4, -0.2) is 46.3 Å². The van der Waals surface area contributed by atoms with Crippen molar-refractivity contribution in [3.63, 3.8) is 0 Å². The number of ether oxygens (including phenoxy) is 5. The maximum atomic E-state index is 12.0. The Morgan fingerprint density at radius 1 is 0.829 bits per heavy atom. The molecule has 7 heteroatoms. The first-order chi connectivity index (χ1) is 17.1. The van der Waals surface area contributed by atoms with Gasteiger partial charge in [0.15, 0.2) is 23.0 Å². The summed E-state index contributed by atoms with van der Waals surface area (Å²) in [6.07, 6.45) is 3.48. The lowest BCUT2D eigenvalue weighted by atomic mass is 9.94. The van der Waals surface area contributed by atoms with E-state index in [0.29, 0.717) is 48.3 Å². The van der Waals surface area contributed by atoms with Crippen LogP contribution in [0, 0.1) is 0 Å². The van der Waals surface area contributed by atoms with Crippen molar-refractivity contribution in [2.45, 2.75) is 13.0 Å². The van der Waals surface area contributed by atoms with Gasteiger partial charge in [0.05, 0.1) is 34.1 Å². The second-order valence-corrected chi connectivity index (χ2v) is 7.94. The molecule has 0 atom stereocenters. The van der Waals surface area contributed by atoms with Crippen molar-refractivity contribution >= 4 is 18.2 Å². The molecule has 0 saturated heterocycles. The highest BCUT2D eigenvalue weighted by atomic mass is 16.5. The maximum Gasteiger partial charge on any atom is 0.214 e. The van der Waals surface area contributed by atoms with E-state index in [9.17, 15) is 4.79 Å². The van der Waals surface area contributed by atoms with E-state index >= 15 is 0 Å². The number of carbonyl (C=O) groups is 1. The van der Waals surface area contributed by atoms with E-state index in [-0.39, 0.29) is 0 Å². The van der Waals surface area contributed by atoms with Gasteiger partial charge in [0.1, 0.15) is 6.61 Å². The van der Waals surface area contributed by atoms with E-state index in [1.165, 1.54) is 0 Å². The SMILES string of the molecule is COc1cc2c(cc1OC)/C(=C/c1ccc(OC)c(OC)c1OCc1ccccc1)N(C=O)CC2. The highest BCUT2D eigenvalue weighted by molar-refractivity contribution is 5.90. The number of nitrogens with zero attached hydrogens (tertiary/aromatic N) is 1. The molecule has 1 amide bonds. The third-order valence-corrected chi connectivity index (χ3v) is 5.99. The minimum Gasteiger partial charge on any atom is -0.493 e. The van der Waals surface area contributed by atoms with Crippen molar-refractivity contribution in [1.29, 1.82) is 0 Å². The zero-order valence-electron chi connectivity index (χ0n) is 20.4. The van der Waals surface area contributed by atoms with Gasteiger partial charge in [0, 0.05) is 17.7 Å². The van der Waals surface area contributed by atoms with Crippen molar-refractivity contribution in [3.8, 4) is 28.7 Å². The second-order valence-electron chi connectivity index (χ2n) is 7.94. The van der Waals surface area contributed by atoms with E-state index < -0.39 is 0 Å². The van der Waals surface area contributed by atoms with E-state index in [2.05, 4.69) is 0 Å². The molecule has 3 aromatic rings. The molecule has 0 spiro atoms. The normalized spacial score (nSPS) is 13.7. The van der Waals surface area contributed by atoms with Gasteiger partial charge in [-0.05, 0) is 47.9 Å².